The zero-order chi connectivity index (χ0) is 18.1. The molecule has 3 aliphatic rings. The Bertz CT molecular complexity index is 670. The van der Waals surface area contributed by atoms with Crippen LogP contribution in [0.3, 0.4) is 0 Å². The predicted octanol–water partition coefficient (Wildman–Crippen LogP) is 4.59. The van der Waals surface area contributed by atoms with Gasteiger partial charge in [-0.15, -0.1) is 23.5 Å². The Kier molecular flexibility index (Phi) is 5.24. The van der Waals surface area contributed by atoms with Gasteiger partial charge in [-0.1, -0.05) is 6.42 Å². The van der Waals surface area contributed by atoms with Crippen LogP contribution in [0.25, 0.3) is 0 Å². The van der Waals surface area contributed by atoms with Gasteiger partial charge in [0.05, 0.1) is 4.08 Å². The fourth-order valence-electron chi connectivity index (χ4n) is 4.91. The normalized spacial score (nSPS) is 29.3. The number of nitrogens with one attached hydrogen (secondary N) is 2. The van der Waals surface area contributed by atoms with Gasteiger partial charge in [0.1, 0.15) is 0 Å². The standard InChI is InChI=1S/C20H26N2O2S2/c1-13(23)21-17-5-7-18(8-6-17)22-19(24)14-11-15-3-2-4-16(12-14)20(15)25-9-10-26-20/h5-8,14-16H,2-4,9-12H2,1H3,(H,21,23)(H,22,24)/t14?,15-,16+. The summed E-state index contributed by atoms with van der Waals surface area (Å²) in [5.74, 6) is 4.12. The van der Waals surface area contributed by atoms with E-state index in [9.17, 15) is 9.59 Å². The van der Waals surface area contributed by atoms with Crippen LogP contribution in [0.15, 0.2) is 24.3 Å². The zero-order valence-electron chi connectivity index (χ0n) is 15.1. The summed E-state index contributed by atoms with van der Waals surface area (Å²) in [7, 11) is 0. The second-order valence-electron chi connectivity index (χ2n) is 7.66. The van der Waals surface area contributed by atoms with E-state index in [2.05, 4.69) is 34.2 Å². The van der Waals surface area contributed by atoms with Crippen molar-refractivity contribution in [1.29, 1.82) is 0 Å². The van der Waals surface area contributed by atoms with Crippen LogP contribution in [-0.2, 0) is 9.59 Å². The highest BCUT2D eigenvalue weighted by atomic mass is 32.2. The summed E-state index contributed by atoms with van der Waals surface area (Å²) in [6.07, 6.45) is 5.97. The first-order valence-corrected chi connectivity index (χ1v) is 11.5. The molecule has 1 aromatic carbocycles. The Labute approximate surface area is 163 Å². The topological polar surface area (TPSA) is 58.2 Å². The average molecular weight is 391 g/mol. The first-order valence-electron chi connectivity index (χ1n) is 9.53. The van der Waals surface area contributed by atoms with E-state index in [0.29, 0.717) is 15.9 Å². The molecule has 1 saturated heterocycles. The zero-order valence-corrected chi connectivity index (χ0v) is 16.8. The van der Waals surface area contributed by atoms with Gasteiger partial charge in [0, 0.05) is 35.7 Å². The molecule has 4 nitrogen and oxygen atoms in total. The molecule has 2 aliphatic carbocycles. The SMILES string of the molecule is CC(=O)Nc1ccc(NC(=O)C2C[C@H]3CCC[C@@H](C2)C32SCCS2)cc1. The molecule has 1 unspecified atom stereocenters. The van der Waals surface area contributed by atoms with E-state index in [1.54, 1.807) is 0 Å². The molecule has 1 heterocycles. The molecule has 2 bridgehead atoms. The number of anilines is 2. The molecule has 4 rings (SSSR count). The largest absolute Gasteiger partial charge is 0.326 e. The average Bonchev–Trinajstić information content (AvgIpc) is 3.05. The van der Waals surface area contributed by atoms with Crippen molar-refractivity contribution >= 4 is 46.7 Å². The summed E-state index contributed by atoms with van der Waals surface area (Å²) < 4.78 is 0.412. The van der Waals surface area contributed by atoms with Crippen LogP contribution in [-0.4, -0.2) is 27.4 Å². The van der Waals surface area contributed by atoms with E-state index in [-0.39, 0.29) is 17.7 Å². The molecule has 1 spiro atoms. The van der Waals surface area contributed by atoms with E-state index < -0.39 is 0 Å². The van der Waals surface area contributed by atoms with Crippen molar-refractivity contribution in [2.75, 3.05) is 22.1 Å². The van der Waals surface area contributed by atoms with Gasteiger partial charge in [0.2, 0.25) is 11.8 Å². The third kappa shape index (κ3) is 3.50. The second-order valence-corrected chi connectivity index (χ2v) is 10.7. The van der Waals surface area contributed by atoms with E-state index in [4.69, 9.17) is 0 Å². The first-order chi connectivity index (χ1) is 12.6. The summed E-state index contributed by atoms with van der Waals surface area (Å²) in [4.78, 5) is 24.0. The summed E-state index contributed by atoms with van der Waals surface area (Å²) in [6.45, 7) is 1.49. The van der Waals surface area contributed by atoms with Crippen LogP contribution >= 0.6 is 23.5 Å². The Balaban J connectivity index is 1.40. The lowest BCUT2D eigenvalue weighted by atomic mass is 9.67. The number of carbonyl (C=O) groups is 2. The fourth-order valence-corrected chi connectivity index (χ4v) is 8.84. The molecule has 2 saturated carbocycles. The highest BCUT2D eigenvalue weighted by Gasteiger charge is 2.55. The van der Waals surface area contributed by atoms with E-state index in [1.807, 2.05) is 24.3 Å². The maximum Gasteiger partial charge on any atom is 0.227 e. The Morgan fingerprint density at radius 3 is 2.04 bits per heavy atom. The maximum atomic E-state index is 12.9. The van der Waals surface area contributed by atoms with Crippen LogP contribution in [0.2, 0.25) is 0 Å². The van der Waals surface area contributed by atoms with Crippen LogP contribution in [0.5, 0.6) is 0 Å². The molecule has 2 N–H and O–H groups in total. The molecule has 2 amide bonds. The van der Waals surface area contributed by atoms with Gasteiger partial charge in [0.15, 0.2) is 0 Å². The van der Waals surface area contributed by atoms with Crippen molar-refractivity contribution < 1.29 is 9.59 Å². The maximum absolute atomic E-state index is 12.9. The lowest BCUT2D eigenvalue weighted by Gasteiger charge is -2.52. The van der Waals surface area contributed by atoms with Crippen LogP contribution < -0.4 is 10.6 Å². The second kappa shape index (κ2) is 7.47. The minimum Gasteiger partial charge on any atom is -0.326 e. The summed E-state index contributed by atoms with van der Waals surface area (Å²) >= 11 is 4.36. The van der Waals surface area contributed by atoms with Crippen molar-refractivity contribution in [3.05, 3.63) is 24.3 Å². The third-order valence-corrected chi connectivity index (χ3v) is 9.98. The van der Waals surface area contributed by atoms with Crippen molar-refractivity contribution in [3.8, 4) is 0 Å². The Morgan fingerprint density at radius 2 is 1.50 bits per heavy atom. The number of benzene rings is 1. The molecule has 0 aromatic heterocycles. The molecule has 140 valence electrons. The summed E-state index contributed by atoms with van der Waals surface area (Å²) in [5, 5.41) is 5.84. The summed E-state index contributed by atoms with van der Waals surface area (Å²) in [5.41, 5.74) is 1.55. The fraction of sp³-hybridized carbons (Fsp3) is 0.600. The molecular weight excluding hydrogens is 364 g/mol. The van der Waals surface area contributed by atoms with Crippen molar-refractivity contribution in [2.45, 2.75) is 43.1 Å². The van der Waals surface area contributed by atoms with Gasteiger partial charge in [-0.05, 0) is 61.8 Å². The van der Waals surface area contributed by atoms with Crippen molar-refractivity contribution in [3.63, 3.8) is 0 Å². The van der Waals surface area contributed by atoms with Gasteiger partial charge in [-0.25, -0.2) is 0 Å². The van der Waals surface area contributed by atoms with E-state index >= 15 is 0 Å². The smallest absolute Gasteiger partial charge is 0.227 e. The minimum atomic E-state index is -0.0906. The van der Waals surface area contributed by atoms with Gasteiger partial charge >= 0.3 is 0 Å². The van der Waals surface area contributed by atoms with Gasteiger partial charge in [0.25, 0.3) is 0 Å². The number of hydrogen-bond donors (Lipinski definition) is 2. The molecule has 3 atom stereocenters. The lowest BCUT2D eigenvalue weighted by Crippen LogP contribution is -2.48. The number of carbonyl (C=O) groups excluding carboxylic acids is 2. The molecule has 26 heavy (non-hydrogen) atoms. The molecule has 0 radical (unpaired) electrons. The minimum absolute atomic E-state index is 0.0906. The van der Waals surface area contributed by atoms with Crippen molar-refractivity contribution in [2.24, 2.45) is 17.8 Å². The molecule has 1 aromatic rings. The van der Waals surface area contributed by atoms with Crippen LogP contribution in [0.4, 0.5) is 11.4 Å². The lowest BCUT2D eigenvalue weighted by molar-refractivity contribution is -0.122. The van der Waals surface area contributed by atoms with Gasteiger partial charge in [-0.3, -0.25) is 9.59 Å². The predicted molar refractivity (Wildman–Crippen MR) is 111 cm³/mol. The number of hydrogen-bond acceptors (Lipinski definition) is 4. The highest BCUT2D eigenvalue weighted by molar-refractivity contribution is 8.21. The Morgan fingerprint density at radius 1 is 0.962 bits per heavy atom. The Hall–Kier alpha value is -1.14. The molecular formula is C20H26N2O2S2. The van der Waals surface area contributed by atoms with Gasteiger partial charge in [-0.2, -0.15) is 0 Å². The number of rotatable bonds is 3. The number of amides is 2. The van der Waals surface area contributed by atoms with Crippen molar-refractivity contribution in [1.82, 2.24) is 0 Å². The number of thioether (sulfide) groups is 2. The summed E-state index contributed by atoms with van der Waals surface area (Å²) in [6, 6.07) is 7.37. The monoisotopic (exact) mass is 390 g/mol. The van der Waals surface area contributed by atoms with E-state index in [1.165, 1.54) is 37.7 Å². The van der Waals surface area contributed by atoms with Crippen LogP contribution in [0, 0.1) is 17.8 Å². The highest BCUT2D eigenvalue weighted by Crippen LogP contribution is 2.64. The van der Waals surface area contributed by atoms with E-state index in [0.717, 1.165) is 24.2 Å². The van der Waals surface area contributed by atoms with Crippen LogP contribution in [0.1, 0.15) is 39.0 Å². The molecule has 3 fully saturated rings. The van der Waals surface area contributed by atoms with Gasteiger partial charge < -0.3 is 10.6 Å². The molecule has 1 aliphatic heterocycles. The quantitative estimate of drug-likeness (QED) is 0.793. The first kappa shape index (κ1) is 18.2. The molecule has 6 heteroatoms. The third-order valence-electron chi connectivity index (χ3n) is 5.96.